The van der Waals surface area contributed by atoms with Crippen LogP contribution in [0.25, 0.3) is 0 Å². The number of carbonyl (C=O) groups excluding carboxylic acids is 2. The number of furan rings is 1. The first-order chi connectivity index (χ1) is 12.1. The second-order valence-corrected chi connectivity index (χ2v) is 6.22. The van der Waals surface area contributed by atoms with E-state index in [0.29, 0.717) is 11.7 Å². The van der Waals surface area contributed by atoms with E-state index in [-0.39, 0.29) is 6.61 Å². The predicted molar refractivity (Wildman–Crippen MR) is 90.0 cm³/mol. The summed E-state index contributed by atoms with van der Waals surface area (Å²) in [5.74, 6) is -0.998. The van der Waals surface area contributed by atoms with Crippen molar-refractivity contribution in [2.45, 2.75) is 19.9 Å². The minimum atomic E-state index is -1.03. The number of carbonyl (C=O) groups is 2. The zero-order valence-electron chi connectivity index (χ0n) is 14.7. The maximum atomic E-state index is 12.6. The van der Waals surface area contributed by atoms with Crippen LogP contribution < -0.4 is 10.2 Å². The van der Waals surface area contributed by atoms with E-state index < -0.39 is 23.8 Å². The van der Waals surface area contributed by atoms with Gasteiger partial charge in [0, 0.05) is 0 Å². The van der Waals surface area contributed by atoms with Gasteiger partial charge < -0.3 is 19.0 Å². The molecule has 1 saturated heterocycles. The molecule has 2 aliphatic rings. The Hall–Kier alpha value is -2.35. The number of amides is 1. The molecule has 0 radical (unpaired) electrons. The number of piperazine rings is 1. The first-order valence-corrected chi connectivity index (χ1v) is 8.81. The fourth-order valence-corrected chi connectivity index (χ4v) is 3.27. The van der Waals surface area contributed by atoms with Gasteiger partial charge in [-0.3, -0.25) is 14.9 Å². The van der Waals surface area contributed by atoms with Crippen LogP contribution >= 0.6 is 0 Å². The highest BCUT2D eigenvalue weighted by Crippen LogP contribution is 2.31. The van der Waals surface area contributed by atoms with Gasteiger partial charge in [-0.1, -0.05) is 0 Å². The van der Waals surface area contributed by atoms with Crippen molar-refractivity contribution in [3.8, 4) is 0 Å². The van der Waals surface area contributed by atoms with Crippen molar-refractivity contribution in [2.75, 3.05) is 39.3 Å². The van der Waals surface area contributed by atoms with Gasteiger partial charge in [0.2, 0.25) is 11.9 Å². The zero-order valence-corrected chi connectivity index (χ0v) is 14.7. The summed E-state index contributed by atoms with van der Waals surface area (Å²) in [6, 6.07) is 2.76. The highest BCUT2D eigenvalue weighted by Gasteiger charge is 2.43. The van der Waals surface area contributed by atoms with E-state index in [2.05, 4.69) is 22.1 Å². The largest absolute Gasteiger partial charge is 0.467 e. The fourth-order valence-electron chi connectivity index (χ4n) is 3.27. The lowest BCUT2D eigenvalue weighted by Crippen LogP contribution is -3.14. The van der Waals surface area contributed by atoms with Crippen LogP contribution in [-0.2, 0) is 14.3 Å². The van der Waals surface area contributed by atoms with Crippen LogP contribution in [0.4, 0.5) is 0 Å². The van der Waals surface area contributed by atoms with E-state index in [0.717, 1.165) is 32.7 Å². The van der Waals surface area contributed by atoms with Crippen LogP contribution in [0, 0.1) is 5.92 Å². The molecule has 2 atom stereocenters. The van der Waals surface area contributed by atoms with Gasteiger partial charge in [-0.25, -0.2) is 4.99 Å². The Morgan fingerprint density at radius 1 is 1.44 bits per heavy atom. The van der Waals surface area contributed by atoms with Crippen LogP contribution in [-0.4, -0.2) is 62.1 Å². The van der Waals surface area contributed by atoms with Gasteiger partial charge in [0.05, 0.1) is 45.6 Å². The van der Waals surface area contributed by atoms with E-state index in [4.69, 9.17) is 9.15 Å². The molecular formula is C17H25N4O4+. The zero-order chi connectivity index (χ0) is 17.8. The van der Waals surface area contributed by atoms with Crippen molar-refractivity contribution in [3.63, 3.8) is 0 Å². The molecule has 3 rings (SSSR count). The Morgan fingerprint density at radius 3 is 2.80 bits per heavy atom. The molecule has 0 spiro atoms. The number of nitrogens with zero attached hydrogens (tertiary/aromatic N) is 2. The van der Waals surface area contributed by atoms with Gasteiger partial charge in [-0.05, 0) is 26.0 Å². The lowest BCUT2D eigenvalue weighted by molar-refractivity contribution is -0.902. The molecule has 136 valence electrons. The van der Waals surface area contributed by atoms with Crippen LogP contribution in [0.2, 0.25) is 0 Å². The molecule has 0 saturated carbocycles. The van der Waals surface area contributed by atoms with Gasteiger partial charge in [-0.2, -0.15) is 0 Å². The monoisotopic (exact) mass is 349 g/mol. The number of rotatable bonds is 4. The van der Waals surface area contributed by atoms with E-state index >= 15 is 0 Å². The quantitative estimate of drug-likeness (QED) is 0.549. The molecule has 0 aromatic carbocycles. The molecule has 2 aliphatic heterocycles. The summed E-state index contributed by atoms with van der Waals surface area (Å²) in [6.07, 6.45) is 1.52. The average molecular weight is 349 g/mol. The minimum Gasteiger partial charge on any atom is -0.467 e. The Balaban J connectivity index is 1.85. The number of ether oxygens (including phenoxy) is 1. The van der Waals surface area contributed by atoms with Gasteiger partial charge in [-0.15, -0.1) is 0 Å². The standard InChI is InChI=1S/C17H24N4O4/c1-3-20-7-9-21(10-8-20)17-18-14(12-6-5-11-25-12)13(15(22)19-17)16(23)24-4-2/h5-6,11,13-14H,3-4,7-10H2,1-2H3,(H,18,19,22)/p+1/t13-,14+/m0/s1. The van der Waals surface area contributed by atoms with Crippen molar-refractivity contribution < 1.29 is 23.6 Å². The van der Waals surface area contributed by atoms with Crippen molar-refractivity contribution >= 4 is 17.8 Å². The number of esters is 1. The van der Waals surface area contributed by atoms with Gasteiger partial charge in [0.25, 0.3) is 0 Å². The smallest absolute Gasteiger partial charge is 0.321 e. The maximum Gasteiger partial charge on any atom is 0.321 e. The number of hydrogen-bond acceptors (Lipinski definition) is 6. The minimum absolute atomic E-state index is 0.214. The fraction of sp³-hybridized carbons (Fsp3) is 0.588. The summed E-state index contributed by atoms with van der Waals surface area (Å²) >= 11 is 0. The topological polar surface area (TPSA) is 88.6 Å². The molecule has 0 aliphatic carbocycles. The molecule has 1 amide bonds. The Kier molecular flexibility index (Phi) is 5.37. The summed E-state index contributed by atoms with van der Waals surface area (Å²) in [5, 5.41) is 2.79. The van der Waals surface area contributed by atoms with Crippen LogP contribution in [0.15, 0.2) is 27.8 Å². The summed E-state index contributed by atoms with van der Waals surface area (Å²) in [6.45, 7) is 8.82. The highest BCUT2D eigenvalue weighted by molar-refractivity contribution is 6.08. The highest BCUT2D eigenvalue weighted by atomic mass is 16.5. The van der Waals surface area contributed by atoms with Crippen LogP contribution in [0.3, 0.4) is 0 Å². The molecule has 2 N–H and O–H groups in total. The molecule has 0 unspecified atom stereocenters. The van der Waals surface area contributed by atoms with E-state index in [1.54, 1.807) is 19.1 Å². The number of likely N-dealkylation sites (N-methyl/N-ethyl adjacent to an activating group) is 1. The normalized spacial score (nSPS) is 24.6. The molecule has 3 heterocycles. The summed E-state index contributed by atoms with van der Waals surface area (Å²) in [5.41, 5.74) is 0. The SMILES string of the molecule is CCOC(=O)[C@@H]1C(=O)NC(N2CC[NH+](CC)CC2)=N[C@@H]1c1ccco1. The maximum absolute atomic E-state index is 12.6. The summed E-state index contributed by atoms with van der Waals surface area (Å²) < 4.78 is 10.5. The molecule has 25 heavy (non-hydrogen) atoms. The molecule has 8 heteroatoms. The number of hydrogen-bond donors (Lipinski definition) is 2. The number of guanidine groups is 1. The van der Waals surface area contributed by atoms with Crippen molar-refractivity contribution in [2.24, 2.45) is 10.9 Å². The Morgan fingerprint density at radius 2 is 2.20 bits per heavy atom. The molecular weight excluding hydrogens is 324 g/mol. The van der Waals surface area contributed by atoms with Crippen LogP contribution in [0.1, 0.15) is 25.6 Å². The average Bonchev–Trinajstić information content (AvgIpc) is 3.16. The molecule has 1 aromatic heterocycles. The second kappa shape index (κ2) is 7.69. The molecule has 0 bridgehead atoms. The van der Waals surface area contributed by atoms with E-state index in [1.165, 1.54) is 11.2 Å². The third-order valence-corrected chi connectivity index (χ3v) is 4.74. The summed E-state index contributed by atoms with van der Waals surface area (Å²) in [7, 11) is 0. The van der Waals surface area contributed by atoms with Crippen molar-refractivity contribution in [1.29, 1.82) is 0 Å². The summed E-state index contributed by atoms with van der Waals surface area (Å²) in [4.78, 5) is 33.1. The van der Waals surface area contributed by atoms with E-state index in [9.17, 15) is 9.59 Å². The Labute approximate surface area is 146 Å². The van der Waals surface area contributed by atoms with Crippen molar-refractivity contribution in [1.82, 2.24) is 10.2 Å². The number of quaternary nitrogens is 1. The molecule has 1 aromatic rings. The number of aliphatic imine (C=N–C) groups is 1. The van der Waals surface area contributed by atoms with Gasteiger partial charge in [0.1, 0.15) is 11.8 Å². The molecule has 1 fully saturated rings. The first kappa shape index (κ1) is 17.5. The van der Waals surface area contributed by atoms with E-state index in [1.807, 2.05) is 0 Å². The predicted octanol–water partition coefficient (Wildman–Crippen LogP) is -0.794. The molecule has 8 nitrogen and oxygen atoms in total. The number of nitrogens with one attached hydrogen (secondary N) is 2. The lowest BCUT2D eigenvalue weighted by atomic mass is 9.95. The third-order valence-electron chi connectivity index (χ3n) is 4.74. The second-order valence-electron chi connectivity index (χ2n) is 6.22. The third kappa shape index (κ3) is 3.68. The van der Waals surface area contributed by atoms with Crippen LogP contribution in [0.5, 0.6) is 0 Å². The van der Waals surface area contributed by atoms with Crippen molar-refractivity contribution in [3.05, 3.63) is 24.2 Å². The van der Waals surface area contributed by atoms with Gasteiger partial charge >= 0.3 is 5.97 Å². The van der Waals surface area contributed by atoms with Gasteiger partial charge in [0.15, 0.2) is 5.92 Å². The lowest BCUT2D eigenvalue weighted by Gasteiger charge is -2.36. The first-order valence-electron chi connectivity index (χ1n) is 8.81. The Bertz CT molecular complexity index is 635.